The fourth-order valence-corrected chi connectivity index (χ4v) is 3.78. The van der Waals surface area contributed by atoms with Gasteiger partial charge in [-0.05, 0) is 37.1 Å². The number of benzene rings is 2. The highest BCUT2D eigenvalue weighted by molar-refractivity contribution is 9.10. The predicted octanol–water partition coefficient (Wildman–Crippen LogP) is 5.21. The van der Waals surface area contributed by atoms with Crippen molar-refractivity contribution in [3.8, 4) is 5.75 Å². The van der Waals surface area contributed by atoms with Gasteiger partial charge in [0.05, 0.1) is 17.6 Å². The lowest BCUT2D eigenvalue weighted by molar-refractivity contribution is 0.0878. The zero-order chi connectivity index (χ0) is 19.0. The van der Waals surface area contributed by atoms with Crippen LogP contribution in [0.1, 0.15) is 31.0 Å². The van der Waals surface area contributed by atoms with Crippen LogP contribution < -0.4 is 4.74 Å². The Kier molecular flexibility index (Phi) is 6.58. The fourth-order valence-electron chi connectivity index (χ4n) is 3.37. The zero-order valence-electron chi connectivity index (χ0n) is 14.9. The molecule has 0 bridgehead atoms. The largest absolute Gasteiger partial charge is 0.485 e. The first kappa shape index (κ1) is 21.0. The molecule has 1 fully saturated rings. The molecule has 1 aliphatic rings. The van der Waals surface area contributed by atoms with Crippen molar-refractivity contribution in [2.75, 3.05) is 6.61 Å². The van der Waals surface area contributed by atoms with Crippen molar-refractivity contribution in [2.45, 2.75) is 37.8 Å². The van der Waals surface area contributed by atoms with Gasteiger partial charge in [0.2, 0.25) is 0 Å². The van der Waals surface area contributed by atoms with Gasteiger partial charge >= 0.3 is 0 Å². The van der Waals surface area contributed by atoms with Crippen LogP contribution >= 0.6 is 28.3 Å². The number of ether oxygens (including phenoxy) is 1. The van der Waals surface area contributed by atoms with Crippen LogP contribution in [0, 0.1) is 11.6 Å². The topological polar surface area (TPSA) is 47.3 Å². The van der Waals surface area contributed by atoms with Crippen molar-refractivity contribution in [1.29, 1.82) is 0 Å². The van der Waals surface area contributed by atoms with Crippen LogP contribution in [0.2, 0.25) is 0 Å². The minimum Gasteiger partial charge on any atom is -0.485 e. The number of hydrogen-bond acceptors (Lipinski definition) is 3. The van der Waals surface area contributed by atoms with Gasteiger partial charge in [-0.25, -0.2) is 13.8 Å². The van der Waals surface area contributed by atoms with Gasteiger partial charge in [0.1, 0.15) is 18.5 Å². The first-order valence-electron chi connectivity index (χ1n) is 8.93. The van der Waals surface area contributed by atoms with Gasteiger partial charge in [-0.1, -0.05) is 34.5 Å². The lowest BCUT2D eigenvalue weighted by Gasteiger charge is -2.26. The van der Waals surface area contributed by atoms with Gasteiger partial charge in [0.15, 0.2) is 17.4 Å². The van der Waals surface area contributed by atoms with E-state index in [9.17, 15) is 13.9 Å². The molecule has 0 saturated heterocycles. The Labute approximate surface area is 176 Å². The van der Waals surface area contributed by atoms with Gasteiger partial charge < -0.3 is 14.4 Å². The van der Waals surface area contributed by atoms with Crippen LogP contribution in [-0.4, -0.2) is 27.4 Å². The van der Waals surface area contributed by atoms with Crippen molar-refractivity contribution < 1.29 is 18.6 Å². The van der Waals surface area contributed by atoms with E-state index in [1.54, 1.807) is 0 Å². The maximum atomic E-state index is 13.9. The summed E-state index contributed by atoms with van der Waals surface area (Å²) in [5.74, 6) is -0.740. The Balaban J connectivity index is 0.00000225. The van der Waals surface area contributed by atoms with Crippen LogP contribution in [-0.2, 0) is 6.54 Å². The molecule has 2 aromatic carbocycles. The molecule has 1 heterocycles. The molecule has 1 saturated carbocycles. The number of aliphatic hydroxyl groups is 1. The second-order valence-electron chi connectivity index (χ2n) is 6.86. The van der Waals surface area contributed by atoms with Crippen molar-refractivity contribution in [2.24, 2.45) is 0 Å². The van der Waals surface area contributed by atoms with E-state index in [2.05, 4.69) is 15.9 Å². The first-order chi connectivity index (χ1) is 13.0. The Bertz CT molecular complexity index is 955. The molecule has 4 rings (SSSR count). The Morgan fingerprint density at radius 1 is 1.21 bits per heavy atom. The molecule has 8 heteroatoms. The number of aliphatic hydroxyl groups excluding tert-OH is 1. The van der Waals surface area contributed by atoms with E-state index in [1.165, 1.54) is 6.42 Å². The SMILES string of the molecule is Cl.OC(COc1c(F)cc(Br)cc1F)Cn1c(C2CCC2)nc2ccccc21. The molecular formula is C20H20BrClF2N2O2. The lowest BCUT2D eigenvalue weighted by atomic mass is 9.85. The molecule has 1 aromatic heterocycles. The third kappa shape index (κ3) is 4.16. The number of hydrogen-bond donors (Lipinski definition) is 1. The molecule has 3 aromatic rings. The number of para-hydroxylation sites is 2. The van der Waals surface area contributed by atoms with Crippen LogP contribution in [0.4, 0.5) is 8.78 Å². The number of rotatable bonds is 6. The molecule has 0 radical (unpaired) electrons. The van der Waals surface area contributed by atoms with Crippen molar-refractivity contribution in [3.63, 3.8) is 0 Å². The summed E-state index contributed by atoms with van der Waals surface area (Å²) in [7, 11) is 0. The summed E-state index contributed by atoms with van der Waals surface area (Å²) in [6.45, 7) is 0.0399. The smallest absolute Gasteiger partial charge is 0.190 e. The van der Waals surface area contributed by atoms with E-state index in [0.717, 1.165) is 41.8 Å². The molecule has 28 heavy (non-hydrogen) atoms. The predicted molar refractivity (Wildman–Crippen MR) is 109 cm³/mol. The Hall–Kier alpha value is -1.70. The Morgan fingerprint density at radius 3 is 2.54 bits per heavy atom. The summed E-state index contributed by atoms with van der Waals surface area (Å²) in [6, 6.07) is 10.0. The monoisotopic (exact) mass is 472 g/mol. The average Bonchev–Trinajstić information content (AvgIpc) is 2.90. The molecule has 0 aliphatic heterocycles. The second-order valence-corrected chi connectivity index (χ2v) is 7.78. The Morgan fingerprint density at radius 2 is 1.89 bits per heavy atom. The van der Waals surface area contributed by atoms with Crippen LogP contribution in [0.25, 0.3) is 11.0 Å². The fraction of sp³-hybridized carbons (Fsp3) is 0.350. The highest BCUT2D eigenvalue weighted by Gasteiger charge is 2.26. The minimum atomic E-state index is -0.927. The maximum Gasteiger partial charge on any atom is 0.190 e. The number of nitrogens with zero attached hydrogens (tertiary/aromatic N) is 2. The third-order valence-corrected chi connectivity index (χ3v) is 5.39. The molecular weight excluding hydrogens is 454 g/mol. The quantitative estimate of drug-likeness (QED) is 0.535. The van der Waals surface area contributed by atoms with E-state index in [0.29, 0.717) is 10.4 Å². The first-order valence-corrected chi connectivity index (χ1v) is 9.73. The average molecular weight is 474 g/mol. The van der Waals surface area contributed by atoms with Crippen LogP contribution in [0.5, 0.6) is 5.75 Å². The summed E-state index contributed by atoms with van der Waals surface area (Å²) >= 11 is 3.03. The van der Waals surface area contributed by atoms with Gasteiger partial charge in [-0.3, -0.25) is 0 Å². The standard InChI is InChI=1S/C20H19BrF2N2O2.ClH/c21-13-8-15(22)19(16(23)9-13)27-11-14(26)10-25-18-7-2-1-6-17(18)24-20(25)12-4-3-5-12;/h1-2,6-9,12,14,26H,3-5,10-11H2;1H. The molecule has 1 atom stereocenters. The molecule has 0 amide bonds. The van der Waals surface area contributed by atoms with Gasteiger partial charge in [-0.15, -0.1) is 12.4 Å². The van der Waals surface area contributed by atoms with E-state index in [1.807, 2.05) is 28.8 Å². The number of halogens is 4. The maximum absolute atomic E-state index is 13.9. The summed E-state index contributed by atoms with van der Waals surface area (Å²) < 4.78 is 35.3. The zero-order valence-corrected chi connectivity index (χ0v) is 17.3. The summed E-state index contributed by atoms with van der Waals surface area (Å²) in [5, 5.41) is 10.4. The van der Waals surface area contributed by atoms with Crippen molar-refractivity contribution >= 4 is 39.4 Å². The van der Waals surface area contributed by atoms with Gasteiger partial charge in [0.25, 0.3) is 0 Å². The summed E-state index contributed by atoms with van der Waals surface area (Å²) in [5.41, 5.74) is 1.83. The second kappa shape index (κ2) is 8.76. The van der Waals surface area contributed by atoms with Gasteiger partial charge in [-0.2, -0.15) is 0 Å². The van der Waals surface area contributed by atoms with E-state index in [-0.39, 0.29) is 25.6 Å². The highest BCUT2D eigenvalue weighted by Crippen LogP contribution is 2.37. The van der Waals surface area contributed by atoms with Crippen molar-refractivity contribution in [1.82, 2.24) is 9.55 Å². The normalized spacial score (nSPS) is 15.1. The highest BCUT2D eigenvalue weighted by atomic mass is 79.9. The van der Waals surface area contributed by atoms with Crippen LogP contribution in [0.3, 0.4) is 0 Å². The molecule has 150 valence electrons. The van der Waals surface area contributed by atoms with E-state index in [4.69, 9.17) is 9.72 Å². The number of imidazole rings is 1. The minimum absolute atomic E-state index is 0. The summed E-state index contributed by atoms with van der Waals surface area (Å²) in [4.78, 5) is 4.73. The number of aromatic nitrogens is 2. The third-order valence-electron chi connectivity index (χ3n) is 4.93. The summed E-state index contributed by atoms with van der Waals surface area (Å²) in [6.07, 6.45) is 2.43. The van der Waals surface area contributed by atoms with E-state index >= 15 is 0 Å². The molecule has 0 spiro atoms. The molecule has 1 aliphatic carbocycles. The van der Waals surface area contributed by atoms with Crippen LogP contribution in [0.15, 0.2) is 40.9 Å². The molecule has 1 unspecified atom stereocenters. The van der Waals surface area contributed by atoms with Gasteiger partial charge in [0, 0.05) is 10.4 Å². The number of fused-ring (bicyclic) bond motifs is 1. The molecule has 1 N–H and O–H groups in total. The van der Waals surface area contributed by atoms with Crippen molar-refractivity contribution in [3.05, 3.63) is 58.3 Å². The lowest BCUT2D eigenvalue weighted by Crippen LogP contribution is -2.26. The molecule has 4 nitrogen and oxygen atoms in total. The van der Waals surface area contributed by atoms with E-state index < -0.39 is 23.5 Å².